The van der Waals surface area contributed by atoms with E-state index in [0.717, 1.165) is 13.8 Å². The van der Waals surface area contributed by atoms with Gasteiger partial charge in [-0.05, 0) is 23.7 Å². The van der Waals surface area contributed by atoms with Gasteiger partial charge in [0.1, 0.15) is 13.1 Å². The van der Waals surface area contributed by atoms with E-state index in [0.29, 0.717) is 9.36 Å². The summed E-state index contributed by atoms with van der Waals surface area (Å²) in [4.78, 5) is 63.5. The average Bonchev–Trinajstić information content (AvgIpc) is 3.12. The maximum Gasteiger partial charge on any atom is 0.468 e. The van der Waals surface area contributed by atoms with Crippen LogP contribution >= 0.6 is 0 Å². The zero-order valence-corrected chi connectivity index (χ0v) is 15.1. The van der Waals surface area contributed by atoms with Crippen molar-refractivity contribution >= 4 is 34.6 Å². The lowest BCUT2D eigenvalue weighted by atomic mass is 10.2. The molecule has 0 aliphatic carbocycles. The Balaban J connectivity index is 3.11. The van der Waals surface area contributed by atoms with Crippen molar-refractivity contribution in [2.75, 3.05) is 0 Å². The van der Waals surface area contributed by atoms with Crippen molar-refractivity contribution in [2.24, 2.45) is 0 Å². The number of nitro groups is 4. The highest BCUT2D eigenvalue weighted by Gasteiger charge is 2.48. The summed E-state index contributed by atoms with van der Waals surface area (Å²) in [6, 6.07) is 0. The molecule has 0 aromatic carbocycles. The number of Topliss-reactive ketones (excluding diaryl/α,β-unsaturated/α-hetero) is 2. The van der Waals surface area contributed by atoms with E-state index in [1.54, 1.807) is 0 Å². The maximum absolute atomic E-state index is 11.5. The summed E-state index contributed by atoms with van der Waals surface area (Å²) < 4.78 is 0.867. The fraction of sp³-hybridized carbons (Fsp3) is 0.333. The molecule has 0 aliphatic rings. The van der Waals surface area contributed by atoms with Crippen LogP contribution in [-0.4, -0.2) is 50.8 Å². The van der Waals surface area contributed by atoms with E-state index in [-0.39, 0.29) is 0 Å². The van der Waals surface area contributed by atoms with Crippen LogP contribution in [0.2, 0.25) is 0 Å². The number of hydrogen-bond acceptors (Lipinski definition) is 12. The summed E-state index contributed by atoms with van der Waals surface area (Å²) in [5.74, 6) is -4.11. The molecule has 2 rings (SSSR count). The first-order chi connectivity index (χ1) is 13.9. The van der Waals surface area contributed by atoms with E-state index >= 15 is 0 Å². The molecule has 2 aromatic rings. The van der Waals surface area contributed by atoms with Gasteiger partial charge in [0, 0.05) is 0 Å². The first kappa shape index (κ1) is 21.7. The molecule has 18 heteroatoms. The SMILES string of the molecule is CC(=O)Cn1nc([N+](=O)[O-])c([N+](=O)[O-])c1-c1c([N+](=O)[O-])c([N+](=O)[O-])nn1CC(C)=O. The Morgan fingerprint density at radius 2 is 1.00 bits per heavy atom. The fourth-order valence-corrected chi connectivity index (χ4v) is 2.58. The number of hydrogen-bond donors (Lipinski definition) is 0. The minimum absolute atomic E-state index is 0.434. The Morgan fingerprint density at radius 3 is 1.20 bits per heavy atom. The van der Waals surface area contributed by atoms with Crippen molar-refractivity contribution in [3.05, 3.63) is 40.5 Å². The van der Waals surface area contributed by atoms with Crippen molar-refractivity contribution in [1.29, 1.82) is 0 Å². The highest BCUT2D eigenvalue weighted by molar-refractivity contribution is 5.85. The van der Waals surface area contributed by atoms with Crippen LogP contribution in [0.5, 0.6) is 0 Å². The molecule has 18 nitrogen and oxygen atoms in total. The summed E-state index contributed by atoms with van der Waals surface area (Å²) in [5, 5.41) is 52.2. The Morgan fingerprint density at radius 1 is 0.700 bits per heavy atom. The standard InChI is InChI=1S/C12H10N8O10/c1-5(21)3-15-7(9(17(23)24)11(13-15)19(27)28)8-10(18(25)26)12(20(29)30)14-16(8)4-6(2)22/h3-4H2,1-2H3. The van der Waals surface area contributed by atoms with E-state index in [2.05, 4.69) is 10.2 Å². The predicted octanol–water partition coefficient (Wildman–Crippen LogP) is 0.557. The monoisotopic (exact) mass is 426 g/mol. The summed E-state index contributed by atoms with van der Waals surface area (Å²) >= 11 is 0. The van der Waals surface area contributed by atoms with Crippen molar-refractivity contribution in [3.63, 3.8) is 0 Å². The number of aromatic nitrogens is 4. The van der Waals surface area contributed by atoms with Gasteiger partial charge in [-0.25, -0.2) is 0 Å². The van der Waals surface area contributed by atoms with Gasteiger partial charge in [0.25, 0.3) is 0 Å². The molecular weight excluding hydrogens is 416 g/mol. The Labute approximate surface area is 163 Å². The molecule has 0 spiro atoms. The van der Waals surface area contributed by atoms with E-state index in [9.17, 15) is 50.0 Å². The first-order valence-electron chi connectivity index (χ1n) is 7.65. The molecular formula is C12H10N8O10. The summed E-state index contributed by atoms with van der Waals surface area (Å²) in [6.45, 7) is 0.431. The lowest BCUT2D eigenvalue weighted by molar-refractivity contribution is -0.425. The molecule has 0 N–H and O–H groups in total. The molecule has 0 bridgehead atoms. The number of ketones is 2. The maximum atomic E-state index is 11.5. The van der Waals surface area contributed by atoms with Crippen molar-refractivity contribution in [2.45, 2.75) is 26.9 Å². The quantitative estimate of drug-likeness (QED) is 0.394. The first-order valence-corrected chi connectivity index (χ1v) is 7.65. The number of carbonyl (C=O) groups is 2. The lowest BCUT2D eigenvalue weighted by Crippen LogP contribution is -2.14. The van der Waals surface area contributed by atoms with Crippen LogP contribution in [0.25, 0.3) is 11.4 Å². The van der Waals surface area contributed by atoms with Gasteiger partial charge in [-0.3, -0.25) is 29.8 Å². The Kier molecular flexibility index (Phi) is 5.61. The van der Waals surface area contributed by atoms with E-state index < -0.39 is 78.7 Å². The second kappa shape index (κ2) is 7.77. The third kappa shape index (κ3) is 3.81. The molecule has 158 valence electrons. The van der Waals surface area contributed by atoms with Gasteiger partial charge in [-0.1, -0.05) is 0 Å². The Hall–Kier alpha value is -4.64. The smallest absolute Gasteiger partial charge is 0.358 e. The molecule has 0 fully saturated rings. The zero-order valence-electron chi connectivity index (χ0n) is 15.1. The van der Waals surface area contributed by atoms with Gasteiger partial charge in [0.05, 0.1) is 20.0 Å². The van der Waals surface area contributed by atoms with Gasteiger partial charge in [0.2, 0.25) is 11.4 Å². The van der Waals surface area contributed by atoms with Crippen molar-refractivity contribution in [3.8, 4) is 11.4 Å². The minimum Gasteiger partial charge on any atom is -0.358 e. The molecule has 0 amide bonds. The molecule has 0 saturated carbocycles. The van der Waals surface area contributed by atoms with Gasteiger partial charge in [-0.15, -0.1) is 0 Å². The second-order valence-electron chi connectivity index (χ2n) is 5.79. The highest BCUT2D eigenvalue weighted by Crippen LogP contribution is 2.44. The van der Waals surface area contributed by atoms with Crippen molar-refractivity contribution in [1.82, 2.24) is 19.6 Å². The minimum atomic E-state index is -1.36. The third-order valence-electron chi connectivity index (χ3n) is 3.50. The van der Waals surface area contributed by atoms with E-state index in [1.165, 1.54) is 0 Å². The summed E-state index contributed by atoms with van der Waals surface area (Å²) in [7, 11) is 0. The summed E-state index contributed by atoms with van der Waals surface area (Å²) in [5.41, 5.74) is -4.61. The van der Waals surface area contributed by atoms with Crippen molar-refractivity contribution < 1.29 is 29.3 Å². The van der Waals surface area contributed by atoms with Gasteiger partial charge in [0.15, 0.2) is 11.6 Å². The van der Waals surface area contributed by atoms with E-state index in [1.807, 2.05) is 0 Å². The van der Waals surface area contributed by atoms with Gasteiger partial charge >= 0.3 is 23.0 Å². The van der Waals surface area contributed by atoms with Crippen LogP contribution in [0, 0.1) is 40.5 Å². The topological polar surface area (TPSA) is 242 Å². The Bertz CT molecular complexity index is 1040. The average molecular weight is 426 g/mol. The van der Waals surface area contributed by atoms with Crippen LogP contribution in [0.1, 0.15) is 13.8 Å². The number of nitrogens with zero attached hydrogens (tertiary/aromatic N) is 8. The largest absolute Gasteiger partial charge is 0.468 e. The van der Waals surface area contributed by atoms with Crippen LogP contribution in [0.4, 0.5) is 23.0 Å². The van der Waals surface area contributed by atoms with E-state index in [4.69, 9.17) is 0 Å². The highest BCUT2D eigenvalue weighted by atomic mass is 16.6. The number of carbonyl (C=O) groups excluding carboxylic acids is 2. The molecule has 2 heterocycles. The fourth-order valence-electron chi connectivity index (χ4n) is 2.58. The van der Waals surface area contributed by atoms with Crippen LogP contribution in [-0.2, 0) is 22.7 Å². The molecule has 0 atom stereocenters. The molecule has 2 aromatic heterocycles. The molecule has 30 heavy (non-hydrogen) atoms. The lowest BCUT2D eigenvalue weighted by Gasteiger charge is -2.02. The molecule has 0 radical (unpaired) electrons. The van der Waals surface area contributed by atoms with Gasteiger partial charge < -0.3 is 20.2 Å². The van der Waals surface area contributed by atoms with Crippen LogP contribution < -0.4 is 0 Å². The molecule has 0 saturated heterocycles. The molecule has 0 aliphatic heterocycles. The van der Waals surface area contributed by atoms with Gasteiger partial charge in [-0.2, -0.15) is 9.36 Å². The normalized spacial score (nSPS) is 10.6. The second-order valence-corrected chi connectivity index (χ2v) is 5.79. The predicted molar refractivity (Wildman–Crippen MR) is 91.4 cm³/mol. The van der Waals surface area contributed by atoms with Crippen LogP contribution in [0.3, 0.4) is 0 Å². The van der Waals surface area contributed by atoms with Crippen LogP contribution in [0.15, 0.2) is 0 Å². The molecule has 0 unspecified atom stereocenters. The summed E-state index contributed by atoms with van der Waals surface area (Å²) in [6.07, 6.45) is 0. The number of rotatable bonds is 9. The third-order valence-corrected chi connectivity index (χ3v) is 3.50. The zero-order chi connectivity index (χ0) is 22.9.